The maximum absolute atomic E-state index is 12.3. The third-order valence-corrected chi connectivity index (χ3v) is 6.19. The molecule has 0 bridgehead atoms. The third kappa shape index (κ3) is 2.22. The van der Waals surface area contributed by atoms with E-state index >= 15 is 0 Å². The number of nitrogens with zero attached hydrogens (tertiary/aromatic N) is 1. The number of carbonyl (C=O) groups excluding carboxylic acids is 1. The van der Waals surface area contributed by atoms with Crippen molar-refractivity contribution in [2.75, 3.05) is 6.54 Å². The Bertz CT molecular complexity index is 536. The lowest BCUT2D eigenvalue weighted by Crippen LogP contribution is -2.43. The number of aryl methyl sites for hydroxylation is 1. The van der Waals surface area contributed by atoms with E-state index in [0.29, 0.717) is 19.4 Å². The normalized spacial score (nSPS) is 21.8. The highest BCUT2D eigenvalue weighted by atomic mass is 32.2. The van der Waals surface area contributed by atoms with Crippen LogP contribution >= 0.6 is 11.3 Å². The highest BCUT2D eigenvalue weighted by molar-refractivity contribution is 7.91. The molecule has 1 aliphatic rings. The van der Waals surface area contributed by atoms with Gasteiger partial charge in [-0.25, -0.2) is 8.42 Å². The van der Waals surface area contributed by atoms with Crippen molar-refractivity contribution in [3.05, 3.63) is 17.0 Å². The summed E-state index contributed by atoms with van der Waals surface area (Å²) in [4.78, 5) is 12.1. The number of nitrogens with two attached hydrogens (primary N) is 1. The van der Waals surface area contributed by atoms with Gasteiger partial charge in [-0.15, -0.1) is 11.3 Å². The van der Waals surface area contributed by atoms with Crippen LogP contribution in [0.3, 0.4) is 0 Å². The van der Waals surface area contributed by atoms with Crippen LogP contribution in [-0.2, 0) is 14.8 Å². The van der Waals surface area contributed by atoms with Crippen LogP contribution in [0.5, 0.6) is 0 Å². The number of rotatable bonds is 3. The molecule has 94 valence electrons. The second kappa shape index (κ2) is 4.40. The first-order chi connectivity index (χ1) is 7.93. The lowest BCUT2D eigenvalue weighted by Gasteiger charge is -2.20. The van der Waals surface area contributed by atoms with E-state index in [1.165, 1.54) is 15.6 Å². The molecule has 7 heteroatoms. The highest BCUT2D eigenvalue weighted by Gasteiger charge is 2.38. The molecule has 2 heterocycles. The number of hydrogen-bond acceptors (Lipinski definition) is 4. The first-order valence-electron chi connectivity index (χ1n) is 5.30. The summed E-state index contributed by atoms with van der Waals surface area (Å²) in [6, 6.07) is 2.64. The van der Waals surface area contributed by atoms with Gasteiger partial charge in [0.25, 0.3) is 10.0 Å². The standard InChI is InChI=1S/C10H14N2O3S2/c1-7-4-5-9(16-7)17(14,15)12-6-2-3-8(12)10(11)13/h4-5,8H,2-3,6H2,1H3,(H2,11,13). The van der Waals surface area contributed by atoms with Gasteiger partial charge in [0.05, 0.1) is 0 Å². The van der Waals surface area contributed by atoms with Crippen molar-refractivity contribution in [3.8, 4) is 0 Å². The largest absolute Gasteiger partial charge is 0.368 e. The van der Waals surface area contributed by atoms with E-state index in [1.54, 1.807) is 12.1 Å². The molecule has 0 radical (unpaired) electrons. The van der Waals surface area contributed by atoms with E-state index in [-0.39, 0.29) is 4.21 Å². The smallest absolute Gasteiger partial charge is 0.253 e. The van der Waals surface area contributed by atoms with Gasteiger partial charge in [-0.05, 0) is 31.9 Å². The van der Waals surface area contributed by atoms with Gasteiger partial charge in [0.2, 0.25) is 5.91 Å². The first kappa shape index (κ1) is 12.5. The summed E-state index contributed by atoms with van der Waals surface area (Å²) in [7, 11) is -3.56. The van der Waals surface area contributed by atoms with Gasteiger partial charge in [0.15, 0.2) is 0 Å². The number of primary amides is 1. The Morgan fingerprint density at radius 3 is 2.76 bits per heavy atom. The van der Waals surface area contributed by atoms with Gasteiger partial charge in [-0.1, -0.05) is 0 Å². The van der Waals surface area contributed by atoms with E-state index in [4.69, 9.17) is 5.73 Å². The predicted octanol–water partition coefficient (Wildman–Crippen LogP) is 0.695. The Morgan fingerprint density at radius 2 is 2.24 bits per heavy atom. The molecule has 1 aliphatic heterocycles. The summed E-state index contributed by atoms with van der Waals surface area (Å²) in [5.74, 6) is -0.570. The molecule has 1 atom stereocenters. The van der Waals surface area contributed by atoms with Crippen LogP contribution < -0.4 is 5.73 Å². The Labute approximate surface area is 104 Å². The lowest BCUT2D eigenvalue weighted by molar-refractivity contribution is -0.121. The molecule has 0 saturated carbocycles. The third-order valence-electron chi connectivity index (χ3n) is 2.81. The molecule has 1 amide bonds. The fourth-order valence-electron chi connectivity index (χ4n) is 1.98. The summed E-state index contributed by atoms with van der Waals surface area (Å²) >= 11 is 1.21. The minimum absolute atomic E-state index is 0.281. The maximum Gasteiger partial charge on any atom is 0.253 e. The first-order valence-corrected chi connectivity index (χ1v) is 7.56. The lowest BCUT2D eigenvalue weighted by atomic mass is 10.2. The molecule has 1 fully saturated rings. The van der Waals surface area contributed by atoms with Crippen molar-refractivity contribution in [1.29, 1.82) is 0 Å². The predicted molar refractivity (Wildman–Crippen MR) is 65.2 cm³/mol. The number of thiophene rings is 1. The van der Waals surface area contributed by atoms with Crippen LogP contribution in [-0.4, -0.2) is 31.2 Å². The van der Waals surface area contributed by atoms with Gasteiger partial charge in [-0.2, -0.15) is 4.31 Å². The monoisotopic (exact) mass is 274 g/mol. The Balaban J connectivity index is 2.36. The van der Waals surface area contributed by atoms with Crippen molar-refractivity contribution in [3.63, 3.8) is 0 Å². The Morgan fingerprint density at radius 1 is 1.53 bits per heavy atom. The minimum atomic E-state index is -3.56. The molecule has 1 unspecified atom stereocenters. The minimum Gasteiger partial charge on any atom is -0.368 e. The zero-order valence-corrected chi connectivity index (χ0v) is 11.1. The van der Waals surface area contributed by atoms with Crippen molar-refractivity contribution >= 4 is 27.3 Å². The van der Waals surface area contributed by atoms with Crippen molar-refractivity contribution < 1.29 is 13.2 Å². The van der Waals surface area contributed by atoms with Gasteiger partial charge < -0.3 is 5.73 Å². The molecule has 0 aliphatic carbocycles. The van der Waals surface area contributed by atoms with Crippen LogP contribution in [0.4, 0.5) is 0 Å². The number of carbonyl (C=O) groups is 1. The summed E-state index contributed by atoms with van der Waals surface area (Å²) < 4.78 is 26.1. The molecule has 1 aromatic rings. The maximum atomic E-state index is 12.3. The molecule has 1 aromatic heterocycles. The number of sulfonamides is 1. The number of amides is 1. The molecule has 2 rings (SSSR count). The van der Waals surface area contributed by atoms with Crippen LogP contribution in [0, 0.1) is 6.92 Å². The van der Waals surface area contributed by atoms with E-state index in [0.717, 1.165) is 4.88 Å². The van der Waals surface area contributed by atoms with Crippen molar-refractivity contribution in [2.24, 2.45) is 5.73 Å². The second-order valence-corrected chi connectivity index (χ2v) is 7.45. The van der Waals surface area contributed by atoms with Gasteiger partial charge in [-0.3, -0.25) is 4.79 Å². The van der Waals surface area contributed by atoms with Crippen LogP contribution in [0.25, 0.3) is 0 Å². The molecular weight excluding hydrogens is 260 g/mol. The number of hydrogen-bond donors (Lipinski definition) is 1. The van der Waals surface area contributed by atoms with Crippen molar-refractivity contribution in [2.45, 2.75) is 30.0 Å². The zero-order valence-electron chi connectivity index (χ0n) is 9.42. The molecular formula is C10H14N2O3S2. The van der Waals surface area contributed by atoms with Crippen molar-refractivity contribution in [1.82, 2.24) is 4.31 Å². The van der Waals surface area contributed by atoms with E-state index in [1.807, 2.05) is 6.92 Å². The van der Waals surface area contributed by atoms with Crippen LogP contribution in [0.2, 0.25) is 0 Å². The summed E-state index contributed by atoms with van der Waals surface area (Å²) in [5, 5.41) is 0. The Hall–Kier alpha value is -0.920. The topological polar surface area (TPSA) is 80.5 Å². The molecule has 0 aromatic carbocycles. The van der Waals surface area contributed by atoms with Gasteiger partial charge in [0, 0.05) is 11.4 Å². The average molecular weight is 274 g/mol. The summed E-state index contributed by atoms with van der Waals surface area (Å²) in [6.07, 6.45) is 1.19. The van der Waals surface area contributed by atoms with E-state index in [9.17, 15) is 13.2 Å². The fraction of sp³-hybridized carbons (Fsp3) is 0.500. The van der Waals surface area contributed by atoms with E-state index in [2.05, 4.69) is 0 Å². The molecule has 1 saturated heterocycles. The fourth-order valence-corrected chi connectivity index (χ4v) is 5.06. The van der Waals surface area contributed by atoms with Crippen LogP contribution in [0.15, 0.2) is 16.3 Å². The SMILES string of the molecule is Cc1ccc(S(=O)(=O)N2CCCC2C(N)=O)s1. The quantitative estimate of drug-likeness (QED) is 0.880. The molecule has 17 heavy (non-hydrogen) atoms. The highest BCUT2D eigenvalue weighted by Crippen LogP contribution is 2.29. The average Bonchev–Trinajstić information content (AvgIpc) is 2.84. The molecule has 2 N–H and O–H groups in total. The van der Waals surface area contributed by atoms with Gasteiger partial charge >= 0.3 is 0 Å². The summed E-state index contributed by atoms with van der Waals surface area (Å²) in [5.41, 5.74) is 5.23. The van der Waals surface area contributed by atoms with E-state index < -0.39 is 22.0 Å². The zero-order chi connectivity index (χ0) is 12.6. The molecule has 0 spiro atoms. The van der Waals surface area contributed by atoms with Gasteiger partial charge in [0.1, 0.15) is 10.3 Å². The Kier molecular flexibility index (Phi) is 3.24. The summed E-state index contributed by atoms with van der Waals surface area (Å²) in [6.45, 7) is 2.21. The van der Waals surface area contributed by atoms with Crippen LogP contribution in [0.1, 0.15) is 17.7 Å². The molecule has 5 nitrogen and oxygen atoms in total. The second-order valence-electron chi connectivity index (χ2n) is 4.04.